The molecule has 0 spiro atoms. The van der Waals surface area contributed by atoms with E-state index in [9.17, 15) is 9.59 Å². The lowest BCUT2D eigenvalue weighted by atomic mass is 10.1. The Morgan fingerprint density at radius 2 is 1.81 bits per heavy atom. The number of halogens is 1. The Kier molecular flexibility index (Phi) is 5.81. The van der Waals surface area contributed by atoms with Crippen molar-refractivity contribution in [3.05, 3.63) is 63.3 Å². The van der Waals surface area contributed by atoms with Crippen LogP contribution in [0.5, 0.6) is 11.5 Å². The molecular formula is C20H19BrN2O4. The van der Waals surface area contributed by atoms with Crippen molar-refractivity contribution in [3.63, 3.8) is 0 Å². The maximum absolute atomic E-state index is 11.7. The Bertz CT molecular complexity index is 907. The van der Waals surface area contributed by atoms with Crippen LogP contribution in [0.25, 0.3) is 6.08 Å². The molecule has 0 aliphatic carbocycles. The van der Waals surface area contributed by atoms with E-state index in [0.29, 0.717) is 34.7 Å². The second-order valence-electron chi connectivity index (χ2n) is 6.00. The second-order valence-corrected chi connectivity index (χ2v) is 6.86. The summed E-state index contributed by atoms with van der Waals surface area (Å²) >= 11 is 3.51. The highest BCUT2D eigenvalue weighted by molar-refractivity contribution is 9.10. The minimum absolute atomic E-state index is 0.183. The van der Waals surface area contributed by atoms with Crippen LogP contribution in [0.1, 0.15) is 23.6 Å². The van der Waals surface area contributed by atoms with Gasteiger partial charge in [0.2, 0.25) is 0 Å². The van der Waals surface area contributed by atoms with Crippen LogP contribution in [0.2, 0.25) is 0 Å². The lowest BCUT2D eigenvalue weighted by Crippen LogP contribution is -2.22. The van der Waals surface area contributed by atoms with Crippen molar-refractivity contribution in [1.29, 1.82) is 0 Å². The minimum Gasteiger partial charge on any atom is -0.490 e. The molecule has 2 aromatic rings. The Hall–Kier alpha value is -2.80. The number of amides is 3. The highest BCUT2D eigenvalue weighted by Crippen LogP contribution is 2.38. The first-order chi connectivity index (χ1) is 13.0. The molecule has 1 aliphatic heterocycles. The maximum atomic E-state index is 11.7. The van der Waals surface area contributed by atoms with Crippen LogP contribution < -0.4 is 20.1 Å². The number of nitrogens with one attached hydrogen (secondary N) is 2. The highest BCUT2D eigenvalue weighted by atomic mass is 79.9. The van der Waals surface area contributed by atoms with Crippen LogP contribution in [0.15, 0.2) is 46.6 Å². The largest absolute Gasteiger partial charge is 0.490 e. The molecule has 0 bridgehead atoms. The molecule has 1 aliphatic rings. The van der Waals surface area contributed by atoms with E-state index in [4.69, 9.17) is 9.47 Å². The van der Waals surface area contributed by atoms with Gasteiger partial charge in [0.25, 0.3) is 5.91 Å². The van der Waals surface area contributed by atoms with E-state index in [0.717, 1.165) is 5.56 Å². The van der Waals surface area contributed by atoms with E-state index in [1.165, 1.54) is 5.56 Å². The van der Waals surface area contributed by atoms with Crippen molar-refractivity contribution in [2.75, 3.05) is 6.61 Å². The van der Waals surface area contributed by atoms with Gasteiger partial charge in [0, 0.05) is 0 Å². The predicted octanol–water partition coefficient (Wildman–Crippen LogP) is 3.92. The summed E-state index contributed by atoms with van der Waals surface area (Å²) in [5.74, 6) is 0.670. The van der Waals surface area contributed by atoms with Crippen molar-refractivity contribution in [2.45, 2.75) is 20.5 Å². The quantitative estimate of drug-likeness (QED) is 0.537. The van der Waals surface area contributed by atoms with Gasteiger partial charge in [0.1, 0.15) is 12.3 Å². The lowest BCUT2D eigenvalue weighted by Gasteiger charge is -2.15. The summed E-state index contributed by atoms with van der Waals surface area (Å²) in [4.78, 5) is 23.0. The van der Waals surface area contributed by atoms with Gasteiger partial charge in [-0.25, -0.2) is 4.79 Å². The fourth-order valence-electron chi connectivity index (χ4n) is 2.56. The lowest BCUT2D eigenvalue weighted by molar-refractivity contribution is -0.115. The fourth-order valence-corrected chi connectivity index (χ4v) is 3.14. The van der Waals surface area contributed by atoms with Crippen LogP contribution in [0.3, 0.4) is 0 Å². The molecule has 1 fully saturated rings. The standard InChI is InChI=1S/C20H19BrN2O4/c1-3-26-17-10-14(9-16-19(24)23-20(25)22-16)8-15(21)18(17)27-11-13-6-4-12(2)5-7-13/h4-10H,3,11H2,1-2H3,(H2,22,23,24,25)/b16-9+. The number of carbonyl (C=O) groups is 2. The Labute approximate surface area is 165 Å². The van der Waals surface area contributed by atoms with E-state index < -0.39 is 11.9 Å². The van der Waals surface area contributed by atoms with Gasteiger partial charge in [-0.3, -0.25) is 10.1 Å². The molecule has 140 valence electrons. The van der Waals surface area contributed by atoms with Gasteiger partial charge < -0.3 is 14.8 Å². The molecule has 0 unspecified atom stereocenters. The number of benzene rings is 2. The number of imide groups is 1. The fraction of sp³-hybridized carbons (Fsp3) is 0.200. The molecular weight excluding hydrogens is 412 g/mol. The van der Waals surface area contributed by atoms with Crippen LogP contribution in [-0.4, -0.2) is 18.5 Å². The molecule has 2 aromatic carbocycles. The van der Waals surface area contributed by atoms with Crippen LogP contribution in [-0.2, 0) is 11.4 Å². The first kappa shape index (κ1) is 19.0. The molecule has 7 heteroatoms. The van der Waals surface area contributed by atoms with Gasteiger partial charge >= 0.3 is 6.03 Å². The van der Waals surface area contributed by atoms with E-state index in [-0.39, 0.29) is 5.70 Å². The average molecular weight is 431 g/mol. The average Bonchev–Trinajstić information content (AvgIpc) is 2.93. The van der Waals surface area contributed by atoms with Crippen LogP contribution >= 0.6 is 15.9 Å². The van der Waals surface area contributed by atoms with E-state index >= 15 is 0 Å². The van der Waals surface area contributed by atoms with Gasteiger partial charge in [-0.1, -0.05) is 29.8 Å². The molecule has 0 saturated carbocycles. The molecule has 0 aromatic heterocycles. The first-order valence-corrected chi connectivity index (χ1v) is 9.24. The Morgan fingerprint density at radius 1 is 1.07 bits per heavy atom. The number of carbonyl (C=O) groups excluding carboxylic acids is 2. The summed E-state index contributed by atoms with van der Waals surface area (Å²) in [6, 6.07) is 11.1. The normalized spacial score (nSPS) is 14.9. The summed E-state index contributed by atoms with van der Waals surface area (Å²) in [6.07, 6.45) is 1.58. The molecule has 3 rings (SSSR count). The van der Waals surface area contributed by atoms with Gasteiger partial charge in [-0.15, -0.1) is 0 Å². The monoisotopic (exact) mass is 430 g/mol. The van der Waals surface area contributed by atoms with Gasteiger partial charge in [0.15, 0.2) is 11.5 Å². The van der Waals surface area contributed by atoms with E-state index in [2.05, 4.69) is 26.6 Å². The zero-order valence-corrected chi connectivity index (χ0v) is 16.6. The molecule has 6 nitrogen and oxygen atoms in total. The molecule has 0 radical (unpaired) electrons. The van der Waals surface area contributed by atoms with E-state index in [1.807, 2.05) is 38.1 Å². The number of urea groups is 1. The molecule has 1 saturated heterocycles. The second kappa shape index (κ2) is 8.26. The third kappa shape index (κ3) is 4.68. The van der Waals surface area contributed by atoms with Gasteiger partial charge in [-0.2, -0.15) is 0 Å². The van der Waals surface area contributed by atoms with Gasteiger partial charge in [0.05, 0.1) is 11.1 Å². The zero-order valence-electron chi connectivity index (χ0n) is 15.0. The van der Waals surface area contributed by atoms with Crippen molar-refractivity contribution in [3.8, 4) is 11.5 Å². The van der Waals surface area contributed by atoms with Crippen molar-refractivity contribution >= 4 is 33.9 Å². The topological polar surface area (TPSA) is 76.7 Å². The molecule has 27 heavy (non-hydrogen) atoms. The number of rotatable bonds is 6. The summed E-state index contributed by atoms with van der Waals surface area (Å²) < 4.78 is 12.4. The third-order valence-corrected chi connectivity index (χ3v) is 4.46. The summed E-state index contributed by atoms with van der Waals surface area (Å²) in [7, 11) is 0. The van der Waals surface area contributed by atoms with Crippen molar-refractivity contribution < 1.29 is 19.1 Å². The highest BCUT2D eigenvalue weighted by Gasteiger charge is 2.23. The maximum Gasteiger partial charge on any atom is 0.326 e. The zero-order chi connectivity index (χ0) is 19.4. The summed E-state index contributed by atoms with van der Waals surface area (Å²) in [5.41, 5.74) is 3.12. The molecule has 0 atom stereocenters. The van der Waals surface area contributed by atoms with Crippen LogP contribution in [0.4, 0.5) is 4.79 Å². The number of hydrogen-bond acceptors (Lipinski definition) is 4. The molecule has 1 heterocycles. The van der Waals surface area contributed by atoms with Crippen molar-refractivity contribution in [1.82, 2.24) is 10.6 Å². The Morgan fingerprint density at radius 3 is 2.44 bits per heavy atom. The number of ether oxygens (including phenoxy) is 2. The third-order valence-electron chi connectivity index (χ3n) is 3.87. The number of hydrogen-bond donors (Lipinski definition) is 2. The summed E-state index contributed by atoms with van der Waals surface area (Å²) in [5, 5.41) is 4.63. The van der Waals surface area contributed by atoms with Crippen molar-refractivity contribution in [2.24, 2.45) is 0 Å². The smallest absolute Gasteiger partial charge is 0.326 e. The summed E-state index contributed by atoms with van der Waals surface area (Å²) in [6.45, 7) is 4.78. The number of aryl methyl sites for hydroxylation is 1. The molecule has 3 amide bonds. The predicted molar refractivity (Wildman–Crippen MR) is 105 cm³/mol. The van der Waals surface area contributed by atoms with Crippen LogP contribution in [0, 0.1) is 6.92 Å². The minimum atomic E-state index is -0.534. The first-order valence-electron chi connectivity index (χ1n) is 8.45. The SMILES string of the molecule is CCOc1cc(/C=C2/NC(=O)NC2=O)cc(Br)c1OCc1ccc(C)cc1. The molecule has 2 N–H and O–H groups in total. The Balaban J connectivity index is 1.85. The van der Waals surface area contributed by atoms with Gasteiger partial charge in [-0.05, 0) is 59.1 Å². The van der Waals surface area contributed by atoms with E-state index in [1.54, 1.807) is 18.2 Å².